The lowest BCUT2D eigenvalue weighted by atomic mass is 9.53. The number of benzene rings is 2. The van der Waals surface area contributed by atoms with E-state index in [1.54, 1.807) is 24.3 Å². The first-order valence-corrected chi connectivity index (χ1v) is 12.0. The molecule has 198 valence electrons. The molecule has 0 unspecified atom stereocenters. The number of aliphatic hydroxyl groups excluding tert-OH is 3. The van der Waals surface area contributed by atoms with Gasteiger partial charge in [-0.25, -0.2) is 0 Å². The molecule has 1 fully saturated rings. The van der Waals surface area contributed by atoms with E-state index >= 15 is 0 Å². The number of aryl methyl sites for hydroxylation is 1. The van der Waals surface area contributed by atoms with Crippen LogP contribution in [0.3, 0.4) is 0 Å². The van der Waals surface area contributed by atoms with Crippen molar-refractivity contribution in [3.8, 4) is 5.75 Å². The fourth-order valence-electron chi connectivity index (χ4n) is 6.43. The third kappa shape index (κ3) is 3.20. The van der Waals surface area contributed by atoms with E-state index in [0.29, 0.717) is 11.1 Å². The Morgan fingerprint density at radius 3 is 2.24 bits per heavy atom. The van der Waals surface area contributed by atoms with E-state index in [0.717, 1.165) is 5.56 Å². The molecule has 3 aliphatic rings. The molecule has 10 heteroatoms. The van der Waals surface area contributed by atoms with Gasteiger partial charge in [0.2, 0.25) is 5.78 Å². The van der Waals surface area contributed by atoms with Crippen molar-refractivity contribution < 1.29 is 39.9 Å². The van der Waals surface area contributed by atoms with Crippen LogP contribution >= 0.6 is 0 Å². The summed E-state index contributed by atoms with van der Waals surface area (Å²) in [5, 5.41) is 56.7. The van der Waals surface area contributed by atoms with Crippen LogP contribution < -0.4 is 5.73 Å². The number of hydrogen-bond donors (Lipinski definition) is 6. The number of Topliss-reactive ketones (excluding diaryl/α,β-unsaturated/α-hetero) is 2. The maximum atomic E-state index is 14.1. The Hall–Kier alpha value is -3.99. The Morgan fingerprint density at radius 1 is 1.03 bits per heavy atom. The summed E-state index contributed by atoms with van der Waals surface area (Å²) in [7, 11) is 2.94. The summed E-state index contributed by atoms with van der Waals surface area (Å²) in [6.45, 7) is 1.89. The van der Waals surface area contributed by atoms with Gasteiger partial charge in [0.25, 0.3) is 5.91 Å². The van der Waals surface area contributed by atoms with Gasteiger partial charge in [-0.1, -0.05) is 42.0 Å². The number of phenolic OH excluding ortho intramolecular Hbond substituents is 1. The molecule has 0 aliphatic heterocycles. The predicted molar refractivity (Wildman–Crippen MR) is 135 cm³/mol. The van der Waals surface area contributed by atoms with Crippen LogP contribution in [0, 0.1) is 18.8 Å². The van der Waals surface area contributed by atoms with Gasteiger partial charge in [0, 0.05) is 17.4 Å². The molecular weight excluding hydrogens is 492 g/mol. The van der Waals surface area contributed by atoms with Crippen LogP contribution in [0.15, 0.2) is 59.4 Å². The quantitative estimate of drug-likeness (QED) is 0.319. The second kappa shape index (κ2) is 8.52. The van der Waals surface area contributed by atoms with Crippen molar-refractivity contribution in [3.63, 3.8) is 0 Å². The zero-order valence-electron chi connectivity index (χ0n) is 20.9. The van der Waals surface area contributed by atoms with Crippen LogP contribution in [0.2, 0.25) is 0 Å². The lowest BCUT2D eigenvalue weighted by Crippen LogP contribution is -2.70. The number of nitrogens with zero attached hydrogens (tertiary/aromatic N) is 1. The normalized spacial score (nSPS) is 30.7. The molecule has 3 aliphatic carbocycles. The summed E-state index contributed by atoms with van der Waals surface area (Å²) in [5.41, 5.74) is 2.99. The van der Waals surface area contributed by atoms with Gasteiger partial charge >= 0.3 is 0 Å². The second-order valence-electron chi connectivity index (χ2n) is 10.4. The highest BCUT2D eigenvalue weighted by atomic mass is 16.4. The summed E-state index contributed by atoms with van der Waals surface area (Å²) in [6, 6.07) is 10.4. The number of carbonyl (C=O) groups is 3. The van der Waals surface area contributed by atoms with E-state index in [4.69, 9.17) is 5.73 Å². The highest BCUT2D eigenvalue weighted by Gasteiger charge is 2.68. The SMILES string of the molecule is Cc1ccc([C@H]2c3cccc(O)c3C(O)=C3C(=O)[C@]4(O)C(O)=C(C(N)=O)C(=O)[C@@H](N(C)C)[C@@H]4[C@@H](O)[C@@H]32)cc1. The van der Waals surface area contributed by atoms with Gasteiger partial charge in [-0.2, -0.15) is 0 Å². The molecule has 2 aromatic carbocycles. The molecule has 6 atom stereocenters. The number of primary amides is 1. The van der Waals surface area contributed by atoms with Crippen LogP contribution in [-0.2, 0) is 14.4 Å². The fourth-order valence-corrected chi connectivity index (χ4v) is 6.43. The second-order valence-corrected chi connectivity index (χ2v) is 10.4. The lowest BCUT2D eigenvalue weighted by molar-refractivity contribution is -0.169. The van der Waals surface area contributed by atoms with Gasteiger partial charge < -0.3 is 31.3 Å². The topological polar surface area (TPSA) is 182 Å². The number of rotatable bonds is 3. The van der Waals surface area contributed by atoms with E-state index in [2.05, 4.69) is 0 Å². The number of fused-ring (bicyclic) bond motifs is 3. The van der Waals surface area contributed by atoms with E-state index in [9.17, 15) is 39.9 Å². The molecular formula is C28H28N2O8. The number of ketones is 2. The summed E-state index contributed by atoms with van der Waals surface area (Å²) in [4.78, 5) is 41.0. The number of phenols is 1. The first-order chi connectivity index (χ1) is 17.8. The van der Waals surface area contributed by atoms with Gasteiger partial charge in [0.15, 0.2) is 11.4 Å². The van der Waals surface area contributed by atoms with Crippen molar-refractivity contribution in [2.24, 2.45) is 17.6 Å². The number of likely N-dealkylation sites (N-methyl/N-ethyl adjacent to an activating group) is 1. The van der Waals surface area contributed by atoms with E-state index in [-0.39, 0.29) is 11.3 Å². The molecule has 0 spiro atoms. The zero-order chi connectivity index (χ0) is 27.8. The Labute approximate surface area is 217 Å². The summed E-state index contributed by atoms with van der Waals surface area (Å²) in [6.07, 6.45) is -1.68. The number of carbonyl (C=O) groups excluding carboxylic acids is 3. The Balaban J connectivity index is 1.86. The Kier molecular flexibility index (Phi) is 5.75. The van der Waals surface area contributed by atoms with Crippen LogP contribution in [0.4, 0.5) is 0 Å². The average Bonchev–Trinajstić information content (AvgIpc) is 2.84. The fraction of sp³-hybridized carbons (Fsp3) is 0.321. The number of aromatic hydroxyl groups is 1. The number of amides is 1. The van der Waals surface area contributed by atoms with E-state index in [1.807, 2.05) is 19.1 Å². The Bertz CT molecular complexity index is 1460. The molecule has 0 radical (unpaired) electrons. The average molecular weight is 521 g/mol. The summed E-state index contributed by atoms with van der Waals surface area (Å²) in [5.74, 6) is -9.34. The molecule has 7 N–H and O–H groups in total. The lowest BCUT2D eigenvalue weighted by Gasteiger charge is -2.54. The molecule has 2 aromatic rings. The highest BCUT2D eigenvalue weighted by molar-refractivity contribution is 6.24. The van der Waals surface area contributed by atoms with Crippen molar-refractivity contribution >= 4 is 23.2 Å². The monoisotopic (exact) mass is 520 g/mol. The van der Waals surface area contributed by atoms with Crippen LogP contribution in [-0.4, -0.2) is 79.7 Å². The zero-order valence-corrected chi connectivity index (χ0v) is 20.9. The molecule has 38 heavy (non-hydrogen) atoms. The van der Waals surface area contributed by atoms with Crippen molar-refractivity contribution in [2.75, 3.05) is 14.1 Å². The van der Waals surface area contributed by atoms with Gasteiger partial charge in [0.1, 0.15) is 22.8 Å². The van der Waals surface area contributed by atoms with Crippen molar-refractivity contribution in [1.82, 2.24) is 4.90 Å². The minimum Gasteiger partial charge on any atom is -0.508 e. The van der Waals surface area contributed by atoms with Crippen LogP contribution in [0.25, 0.3) is 5.76 Å². The molecule has 0 saturated heterocycles. The minimum absolute atomic E-state index is 0.0541. The number of hydrogen-bond acceptors (Lipinski definition) is 9. The van der Waals surface area contributed by atoms with E-state index < -0.39 is 75.6 Å². The molecule has 1 amide bonds. The van der Waals surface area contributed by atoms with Crippen LogP contribution in [0.5, 0.6) is 5.75 Å². The summed E-state index contributed by atoms with van der Waals surface area (Å²) >= 11 is 0. The highest BCUT2D eigenvalue weighted by Crippen LogP contribution is 2.57. The third-order valence-corrected chi connectivity index (χ3v) is 8.10. The molecule has 5 rings (SSSR count). The van der Waals surface area contributed by atoms with Crippen molar-refractivity contribution in [1.29, 1.82) is 0 Å². The van der Waals surface area contributed by atoms with Crippen LogP contribution in [0.1, 0.15) is 28.2 Å². The van der Waals surface area contributed by atoms with Crippen molar-refractivity contribution in [2.45, 2.75) is 30.6 Å². The van der Waals surface area contributed by atoms with E-state index in [1.165, 1.54) is 25.1 Å². The number of aliphatic hydroxyl groups is 4. The van der Waals surface area contributed by atoms with Gasteiger partial charge in [0.05, 0.1) is 23.6 Å². The number of nitrogens with two attached hydrogens (primary N) is 1. The molecule has 10 nitrogen and oxygen atoms in total. The smallest absolute Gasteiger partial charge is 0.255 e. The minimum atomic E-state index is -2.95. The van der Waals surface area contributed by atoms with Gasteiger partial charge in [-0.05, 0) is 38.2 Å². The Morgan fingerprint density at radius 2 is 1.66 bits per heavy atom. The van der Waals surface area contributed by atoms with Crippen molar-refractivity contribution in [3.05, 3.63) is 81.6 Å². The first kappa shape index (κ1) is 25.7. The molecule has 0 bridgehead atoms. The molecule has 0 aromatic heterocycles. The van der Waals surface area contributed by atoms with Gasteiger partial charge in [-0.3, -0.25) is 19.3 Å². The third-order valence-electron chi connectivity index (χ3n) is 8.10. The first-order valence-electron chi connectivity index (χ1n) is 12.0. The largest absolute Gasteiger partial charge is 0.508 e. The standard InChI is InChI=1S/C28H28N2O8/c1-11-7-9-12(10-8-11)15-13-5-4-6-14(31)16(13)22(32)18-17(15)23(33)20-21(30(2)3)24(34)19(27(29)37)26(36)28(20,38)25(18)35/h4-10,15,17,20-21,23,31-33,36,38H,1-3H3,(H2,29,37)/t15-,17+,20+,21-,23-,28-/m0/s1. The van der Waals surface area contributed by atoms with Gasteiger partial charge in [-0.15, -0.1) is 0 Å². The molecule has 0 heterocycles. The maximum absolute atomic E-state index is 14.1. The predicted octanol–water partition coefficient (Wildman–Crippen LogP) is 0.833. The molecule has 1 saturated carbocycles. The summed E-state index contributed by atoms with van der Waals surface area (Å²) < 4.78 is 0. The maximum Gasteiger partial charge on any atom is 0.255 e.